The Hall–Kier alpha value is -0.560. The van der Waals surface area contributed by atoms with Gasteiger partial charge in [0.15, 0.2) is 0 Å². The highest BCUT2D eigenvalue weighted by Gasteiger charge is 2.35. The van der Waals surface area contributed by atoms with E-state index in [9.17, 15) is 0 Å². The zero-order chi connectivity index (χ0) is 11.0. The average Bonchev–Trinajstić information content (AvgIpc) is 3.01. The number of hydrogen-bond acceptors (Lipinski definition) is 1. The zero-order valence-electron chi connectivity index (χ0n) is 10.1. The standard InChI is InChI=1S/C14H23N/c1-9(2)4-12(6-11-5-10(11)3)14-7-13(14)8-15/h9,11,13H,3-8,15H2,1-2H3/b14-12-/t11-,13?/m1/s1. The fraction of sp³-hybridized carbons (Fsp3) is 0.714. The van der Waals surface area contributed by atoms with E-state index in [1.165, 1.54) is 31.3 Å². The highest BCUT2D eigenvalue weighted by atomic mass is 14.6. The Balaban J connectivity index is 1.97. The smallest absolute Gasteiger partial charge is 0.000830 e. The van der Waals surface area contributed by atoms with E-state index >= 15 is 0 Å². The molecule has 2 aliphatic rings. The molecule has 84 valence electrons. The summed E-state index contributed by atoms with van der Waals surface area (Å²) in [5, 5.41) is 0. The van der Waals surface area contributed by atoms with Crippen molar-refractivity contribution in [3.8, 4) is 0 Å². The molecule has 2 fully saturated rings. The molecule has 2 saturated carbocycles. The molecule has 15 heavy (non-hydrogen) atoms. The molecule has 2 rings (SSSR count). The highest BCUT2D eigenvalue weighted by molar-refractivity contribution is 5.34. The Morgan fingerprint density at radius 1 is 1.40 bits per heavy atom. The lowest BCUT2D eigenvalue weighted by molar-refractivity contribution is 0.612. The van der Waals surface area contributed by atoms with Crippen LogP contribution in [0.3, 0.4) is 0 Å². The summed E-state index contributed by atoms with van der Waals surface area (Å²) in [4.78, 5) is 0. The van der Waals surface area contributed by atoms with Gasteiger partial charge < -0.3 is 5.73 Å². The lowest BCUT2D eigenvalue weighted by Crippen LogP contribution is -2.01. The lowest BCUT2D eigenvalue weighted by atomic mass is 9.97. The normalized spacial score (nSPS) is 32.1. The number of allylic oxidation sites excluding steroid dienone is 2. The quantitative estimate of drug-likeness (QED) is 0.685. The summed E-state index contributed by atoms with van der Waals surface area (Å²) in [6.07, 6.45) is 5.10. The first-order chi connectivity index (χ1) is 7.11. The van der Waals surface area contributed by atoms with Crippen LogP contribution in [0.25, 0.3) is 0 Å². The Morgan fingerprint density at radius 3 is 2.47 bits per heavy atom. The molecule has 0 radical (unpaired) electrons. The molecule has 0 amide bonds. The summed E-state index contributed by atoms with van der Waals surface area (Å²) in [6, 6.07) is 0. The van der Waals surface area contributed by atoms with Crippen LogP contribution >= 0.6 is 0 Å². The van der Waals surface area contributed by atoms with E-state index in [-0.39, 0.29) is 0 Å². The summed E-state index contributed by atoms with van der Waals surface area (Å²) in [5.74, 6) is 2.31. The van der Waals surface area contributed by atoms with Crippen molar-refractivity contribution in [2.45, 2.75) is 39.5 Å². The van der Waals surface area contributed by atoms with Gasteiger partial charge in [-0.1, -0.05) is 37.1 Å². The first-order valence-corrected chi connectivity index (χ1v) is 6.20. The third-order valence-electron chi connectivity index (χ3n) is 3.61. The van der Waals surface area contributed by atoms with Crippen LogP contribution in [0.1, 0.15) is 39.5 Å². The number of hydrogen-bond donors (Lipinski definition) is 1. The van der Waals surface area contributed by atoms with E-state index in [1.54, 1.807) is 11.1 Å². The summed E-state index contributed by atoms with van der Waals surface area (Å²) >= 11 is 0. The fourth-order valence-corrected chi connectivity index (χ4v) is 2.47. The van der Waals surface area contributed by atoms with E-state index in [4.69, 9.17) is 5.73 Å². The predicted molar refractivity (Wildman–Crippen MR) is 65.5 cm³/mol. The van der Waals surface area contributed by atoms with Crippen LogP contribution in [0.5, 0.6) is 0 Å². The van der Waals surface area contributed by atoms with Gasteiger partial charge in [0.05, 0.1) is 0 Å². The van der Waals surface area contributed by atoms with Crippen LogP contribution in [0.4, 0.5) is 0 Å². The van der Waals surface area contributed by atoms with Crippen molar-refractivity contribution in [2.75, 3.05) is 6.54 Å². The van der Waals surface area contributed by atoms with Crippen molar-refractivity contribution in [1.82, 2.24) is 0 Å². The van der Waals surface area contributed by atoms with E-state index < -0.39 is 0 Å². The third-order valence-corrected chi connectivity index (χ3v) is 3.61. The van der Waals surface area contributed by atoms with Gasteiger partial charge in [-0.05, 0) is 50.0 Å². The van der Waals surface area contributed by atoms with Crippen molar-refractivity contribution in [2.24, 2.45) is 23.5 Å². The molecular weight excluding hydrogens is 182 g/mol. The molecule has 0 spiro atoms. The van der Waals surface area contributed by atoms with Gasteiger partial charge >= 0.3 is 0 Å². The molecule has 0 aromatic carbocycles. The second-order valence-corrected chi connectivity index (χ2v) is 5.63. The molecule has 2 N–H and O–H groups in total. The van der Waals surface area contributed by atoms with Gasteiger partial charge in [0.25, 0.3) is 0 Å². The van der Waals surface area contributed by atoms with Gasteiger partial charge in [0, 0.05) is 0 Å². The van der Waals surface area contributed by atoms with E-state index in [2.05, 4.69) is 20.4 Å². The van der Waals surface area contributed by atoms with Crippen molar-refractivity contribution in [3.05, 3.63) is 23.3 Å². The molecule has 0 saturated heterocycles. The summed E-state index contributed by atoms with van der Waals surface area (Å²) in [7, 11) is 0. The zero-order valence-corrected chi connectivity index (χ0v) is 10.1. The number of rotatable bonds is 5. The molecule has 0 aromatic rings. The minimum Gasteiger partial charge on any atom is -0.330 e. The van der Waals surface area contributed by atoms with Crippen molar-refractivity contribution in [3.63, 3.8) is 0 Å². The van der Waals surface area contributed by atoms with Crippen LogP contribution in [0.15, 0.2) is 23.3 Å². The van der Waals surface area contributed by atoms with E-state index in [0.717, 1.165) is 24.3 Å². The molecule has 0 bridgehead atoms. The van der Waals surface area contributed by atoms with E-state index in [0.29, 0.717) is 0 Å². The maximum Gasteiger partial charge on any atom is -0.000830 e. The van der Waals surface area contributed by atoms with Crippen molar-refractivity contribution in [1.29, 1.82) is 0 Å². The second kappa shape index (κ2) is 4.13. The fourth-order valence-electron chi connectivity index (χ4n) is 2.47. The second-order valence-electron chi connectivity index (χ2n) is 5.63. The summed E-state index contributed by atoms with van der Waals surface area (Å²) in [5.41, 5.74) is 10.6. The summed E-state index contributed by atoms with van der Waals surface area (Å²) < 4.78 is 0. The van der Waals surface area contributed by atoms with Gasteiger partial charge in [-0.2, -0.15) is 0 Å². The monoisotopic (exact) mass is 205 g/mol. The Bertz CT molecular complexity index is 298. The van der Waals surface area contributed by atoms with Crippen molar-refractivity contribution < 1.29 is 0 Å². The molecular formula is C14H23N. The molecule has 0 aromatic heterocycles. The summed E-state index contributed by atoms with van der Waals surface area (Å²) in [6.45, 7) is 9.52. The lowest BCUT2D eigenvalue weighted by Gasteiger charge is -2.09. The van der Waals surface area contributed by atoms with Crippen LogP contribution in [0, 0.1) is 17.8 Å². The maximum atomic E-state index is 5.71. The molecule has 0 aliphatic heterocycles. The van der Waals surface area contributed by atoms with Crippen LogP contribution in [-0.4, -0.2) is 6.54 Å². The Morgan fingerprint density at radius 2 is 2.07 bits per heavy atom. The molecule has 2 aliphatic carbocycles. The highest BCUT2D eigenvalue weighted by Crippen LogP contribution is 2.48. The molecule has 1 heteroatoms. The van der Waals surface area contributed by atoms with Gasteiger partial charge in [-0.15, -0.1) is 0 Å². The van der Waals surface area contributed by atoms with Crippen molar-refractivity contribution >= 4 is 0 Å². The molecule has 2 atom stereocenters. The van der Waals surface area contributed by atoms with Crippen LogP contribution in [-0.2, 0) is 0 Å². The minimum atomic E-state index is 0.728. The van der Waals surface area contributed by atoms with Crippen LogP contribution in [0.2, 0.25) is 0 Å². The Kier molecular flexibility index (Phi) is 3.01. The van der Waals surface area contributed by atoms with E-state index in [1.807, 2.05) is 0 Å². The minimum absolute atomic E-state index is 0.728. The van der Waals surface area contributed by atoms with Gasteiger partial charge in [0.2, 0.25) is 0 Å². The third kappa shape index (κ3) is 2.72. The van der Waals surface area contributed by atoms with Crippen LogP contribution < -0.4 is 5.73 Å². The predicted octanol–water partition coefficient (Wildman–Crippen LogP) is 3.27. The Labute approximate surface area is 93.4 Å². The first kappa shape index (κ1) is 10.9. The topological polar surface area (TPSA) is 26.0 Å². The number of nitrogens with two attached hydrogens (primary N) is 1. The van der Waals surface area contributed by atoms with Gasteiger partial charge in [-0.25, -0.2) is 0 Å². The molecule has 0 heterocycles. The molecule has 1 unspecified atom stereocenters. The maximum absolute atomic E-state index is 5.71. The largest absolute Gasteiger partial charge is 0.330 e. The van der Waals surface area contributed by atoms with Gasteiger partial charge in [0.1, 0.15) is 0 Å². The SMILES string of the molecule is C=C1C[C@@H]1C/C(CC(C)C)=C1/CC1CN. The molecule has 1 nitrogen and oxygen atoms in total. The van der Waals surface area contributed by atoms with Gasteiger partial charge in [-0.3, -0.25) is 0 Å². The average molecular weight is 205 g/mol. The first-order valence-electron chi connectivity index (χ1n) is 6.20.